The van der Waals surface area contributed by atoms with Crippen LogP contribution in [0.2, 0.25) is 18.1 Å². The van der Waals surface area contributed by atoms with Crippen molar-refractivity contribution in [3.05, 3.63) is 29.8 Å². The highest BCUT2D eigenvalue weighted by Gasteiger charge is 2.39. The minimum absolute atomic E-state index is 0.193. The largest absolute Gasteiger partial charge is 0.543 e. The van der Waals surface area contributed by atoms with Gasteiger partial charge in [0.25, 0.3) is 0 Å². The number of aliphatic hydroxyl groups excluding tert-OH is 1. The Labute approximate surface area is 130 Å². The molecule has 0 spiro atoms. The van der Waals surface area contributed by atoms with Crippen molar-refractivity contribution in [3.8, 4) is 5.75 Å². The van der Waals surface area contributed by atoms with Crippen LogP contribution in [0.3, 0.4) is 0 Å². The number of hydrogen-bond donors (Lipinski definition) is 1. The van der Waals surface area contributed by atoms with Crippen LogP contribution in [-0.2, 0) is 0 Å². The van der Waals surface area contributed by atoms with Crippen LogP contribution in [0.4, 0.5) is 0 Å². The van der Waals surface area contributed by atoms with Crippen LogP contribution in [0.1, 0.15) is 57.9 Å². The van der Waals surface area contributed by atoms with Gasteiger partial charge in [0.2, 0.25) is 8.32 Å². The van der Waals surface area contributed by atoms with E-state index in [0.717, 1.165) is 25.0 Å². The first kappa shape index (κ1) is 16.6. The number of hydrogen-bond acceptors (Lipinski definition) is 2. The van der Waals surface area contributed by atoms with Gasteiger partial charge in [0, 0.05) is 5.92 Å². The van der Waals surface area contributed by atoms with Crippen molar-refractivity contribution in [1.29, 1.82) is 0 Å². The summed E-state index contributed by atoms with van der Waals surface area (Å²) in [5.74, 6) is 1.25. The second-order valence-corrected chi connectivity index (χ2v) is 12.6. The van der Waals surface area contributed by atoms with Crippen molar-refractivity contribution in [2.45, 2.75) is 76.6 Å². The van der Waals surface area contributed by atoms with E-state index in [1.807, 2.05) is 0 Å². The van der Waals surface area contributed by atoms with E-state index >= 15 is 0 Å². The van der Waals surface area contributed by atoms with E-state index in [1.54, 1.807) is 0 Å². The number of aliphatic hydroxyl groups is 1. The first-order chi connectivity index (χ1) is 9.71. The maximum absolute atomic E-state index is 10.2. The predicted octanol–water partition coefficient (Wildman–Crippen LogP) is 5.09. The van der Waals surface area contributed by atoms with Crippen molar-refractivity contribution < 1.29 is 9.53 Å². The van der Waals surface area contributed by atoms with Crippen molar-refractivity contribution in [1.82, 2.24) is 0 Å². The highest BCUT2D eigenvalue weighted by molar-refractivity contribution is 6.74. The van der Waals surface area contributed by atoms with Gasteiger partial charge in [-0.1, -0.05) is 45.7 Å². The maximum atomic E-state index is 10.2. The second-order valence-electron chi connectivity index (χ2n) is 7.89. The van der Waals surface area contributed by atoms with Gasteiger partial charge in [-0.15, -0.1) is 0 Å². The van der Waals surface area contributed by atoms with Gasteiger partial charge < -0.3 is 9.53 Å². The third-order valence-corrected chi connectivity index (χ3v) is 9.55. The lowest BCUT2D eigenvalue weighted by Gasteiger charge is -2.36. The first-order valence-corrected chi connectivity index (χ1v) is 11.1. The van der Waals surface area contributed by atoms with Crippen LogP contribution in [-0.4, -0.2) is 19.5 Å². The maximum Gasteiger partial charge on any atom is 0.250 e. The minimum Gasteiger partial charge on any atom is -0.543 e. The summed E-state index contributed by atoms with van der Waals surface area (Å²) in [6, 6.07) is 8.41. The molecule has 1 saturated carbocycles. The average molecular weight is 307 g/mol. The van der Waals surface area contributed by atoms with Crippen molar-refractivity contribution in [3.63, 3.8) is 0 Å². The molecule has 0 radical (unpaired) electrons. The Morgan fingerprint density at radius 2 is 1.81 bits per heavy atom. The lowest BCUT2D eigenvalue weighted by Crippen LogP contribution is -2.43. The van der Waals surface area contributed by atoms with Gasteiger partial charge in [-0.25, -0.2) is 0 Å². The third-order valence-electron chi connectivity index (χ3n) is 5.19. The van der Waals surface area contributed by atoms with E-state index in [9.17, 15) is 5.11 Å². The molecular weight excluding hydrogens is 276 g/mol. The topological polar surface area (TPSA) is 29.5 Å². The normalized spacial score (nSPS) is 23.9. The number of benzene rings is 1. The molecule has 1 fully saturated rings. The van der Waals surface area contributed by atoms with Crippen molar-refractivity contribution >= 4 is 8.32 Å². The zero-order chi connectivity index (χ0) is 15.7. The SMILES string of the molecule is CC(C)(C)[Si](C)(C)Oc1cccc([C@H]2CCCC[C@@H]2O)c1. The van der Waals surface area contributed by atoms with Crippen LogP contribution in [0.25, 0.3) is 0 Å². The molecule has 1 aromatic rings. The zero-order valence-electron chi connectivity index (χ0n) is 14.1. The molecule has 21 heavy (non-hydrogen) atoms. The molecule has 0 saturated heterocycles. The standard InChI is InChI=1S/C18H30O2Si/c1-18(2,3)21(4,5)20-15-10-8-9-14(13-15)16-11-6-7-12-17(16)19/h8-10,13,16-17,19H,6-7,11-12H2,1-5H3/t16-,17+/m1/s1. The molecule has 1 N–H and O–H groups in total. The summed E-state index contributed by atoms with van der Waals surface area (Å²) in [5, 5.41) is 10.4. The van der Waals surface area contributed by atoms with Gasteiger partial charge in [-0.3, -0.25) is 0 Å². The molecule has 1 aliphatic carbocycles. The molecule has 118 valence electrons. The molecule has 2 rings (SSSR count). The van der Waals surface area contributed by atoms with Crippen molar-refractivity contribution in [2.24, 2.45) is 0 Å². The molecular formula is C18H30O2Si. The molecule has 2 nitrogen and oxygen atoms in total. The Balaban J connectivity index is 2.18. The quantitative estimate of drug-likeness (QED) is 0.788. The van der Waals surface area contributed by atoms with Gasteiger partial charge in [-0.05, 0) is 48.7 Å². The second kappa shape index (κ2) is 6.13. The van der Waals surface area contributed by atoms with E-state index in [-0.39, 0.29) is 17.1 Å². The molecule has 2 atom stereocenters. The van der Waals surface area contributed by atoms with Gasteiger partial charge >= 0.3 is 0 Å². The Morgan fingerprint density at radius 3 is 2.43 bits per heavy atom. The average Bonchev–Trinajstić information content (AvgIpc) is 2.37. The van der Waals surface area contributed by atoms with Gasteiger partial charge in [0.1, 0.15) is 5.75 Å². The number of rotatable bonds is 3. The van der Waals surface area contributed by atoms with E-state index in [1.165, 1.54) is 12.0 Å². The lowest BCUT2D eigenvalue weighted by molar-refractivity contribution is 0.106. The Morgan fingerprint density at radius 1 is 1.14 bits per heavy atom. The smallest absolute Gasteiger partial charge is 0.250 e. The molecule has 1 aromatic carbocycles. The van der Waals surface area contributed by atoms with Gasteiger partial charge in [0.15, 0.2) is 0 Å². The van der Waals surface area contributed by atoms with Crippen LogP contribution in [0, 0.1) is 0 Å². The summed E-state index contributed by atoms with van der Waals surface area (Å²) < 4.78 is 6.39. The highest BCUT2D eigenvalue weighted by Crippen LogP contribution is 2.39. The molecule has 0 bridgehead atoms. The van der Waals surface area contributed by atoms with Gasteiger partial charge in [0.05, 0.1) is 6.10 Å². The van der Waals surface area contributed by atoms with Crippen molar-refractivity contribution in [2.75, 3.05) is 0 Å². The summed E-state index contributed by atoms with van der Waals surface area (Å²) in [5.41, 5.74) is 1.23. The fourth-order valence-corrected chi connectivity index (χ4v) is 3.78. The summed E-state index contributed by atoms with van der Waals surface area (Å²) in [4.78, 5) is 0. The minimum atomic E-state index is -1.80. The molecule has 0 aromatic heterocycles. The van der Waals surface area contributed by atoms with E-state index in [0.29, 0.717) is 0 Å². The summed E-state index contributed by atoms with van der Waals surface area (Å²) in [6.45, 7) is 11.3. The molecule has 3 heteroatoms. The van der Waals surface area contributed by atoms with Crippen LogP contribution in [0.5, 0.6) is 5.75 Å². The monoisotopic (exact) mass is 306 g/mol. The Bertz CT molecular complexity index is 476. The molecule has 0 aliphatic heterocycles. The van der Waals surface area contributed by atoms with Gasteiger partial charge in [-0.2, -0.15) is 0 Å². The molecule has 0 heterocycles. The summed E-state index contributed by atoms with van der Waals surface area (Å²) in [7, 11) is -1.80. The Hall–Kier alpha value is -0.803. The lowest BCUT2D eigenvalue weighted by atomic mass is 9.82. The Kier molecular flexibility index (Phi) is 4.84. The van der Waals surface area contributed by atoms with E-state index < -0.39 is 8.32 Å². The highest BCUT2D eigenvalue weighted by atomic mass is 28.4. The first-order valence-electron chi connectivity index (χ1n) is 8.18. The zero-order valence-corrected chi connectivity index (χ0v) is 15.1. The van der Waals surface area contributed by atoms with Crippen LogP contribution < -0.4 is 4.43 Å². The van der Waals surface area contributed by atoms with E-state index in [4.69, 9.17) is 4.43 Å². The molecule has 0 amide bonds. The van der Waals surface area contributed by atoms with E-state index in [2.05, 4.69) is 58.1 Å². The summed E-state index contributed by atoms with van der Waals surface area (Å²) in [6.07, 6.45) is 4.19. The molecule has 0 unspecified atom stereocenters. The fourth-order valence-electron chi connectivity index (χ4n) is 2.76. The van der Waals surface area contributed by atoms with Crippen LogP contribution >= 0.6 is 0 Å². The third kappa shape index (κ3) is 3.89. The fraction of sp³-hybridized carbons (Fsp3) is 0.667. The van der Waals surface area contributed by atoms with Crippen LogP contribution in [0.15, 0.2) is 24.3 Å². The molecule has 1 aliphatic rings. The predicted molar refractivity (Wildman–Crippen MR) is 91.5 cm³/mol. The summed E-state index contributed by atoms with van der Waals surface area (Å²) >= 11 is 0.